The Bertz CT molecular complexity index is 1030. The number of piperidine rings is 1. The molecule has 5 heteroatoms. The van der Waals surface area contributed by atoms with E-state index in [2.05, 4.69) is 64.4 Å². The molecule has 2 saturated heterocycles. The summed E-state index contributed by atoms with van der Waals surface area (Å²) >= 11 is 0. The lowest BCUT2D eigenvalue weighted by Gasteiger charge is -2.36. The fourth-order valence-electron chi connectivity index (χ4n) is 4.66. The summed E-state index contributed by atoms with van der Waals surface area (Å²) < 4.78 is 0. The predicted octanol–water partition coefficient (Wildman–Crippen LogP) is 3.74. The number of nitrogens with zero attached hydrogens (tertiary/aromatic N) is 2. The van der Waals surface area contributed by atoms with Gasteiger partial charge in [-0.3, -0.25) is 10.2 Å². The molecule has 3 atom stereocenters. The number of carbonyl (C=O) groups is 1. The molecule has 5 nitrogen and oxygen atoms in total. The van der Waals surface area contributed by atoms with E-state index in [4.69, 9.17) is 0 Å². The van der Waals surface area contributed by atoms with E-state index in [0.717, 1.165) is 25.2 Å². The maximum absolute atomic E-state index is 13.0. The highest BCUT2D eigenvalue weighted by molar-refractivity contribution is 5.92. The monoisotopic (exact) mass is 398 g/mol. The quantitative estimate of drug-likeness (QED) is 0.706. The standard InChI is InChI=1S/C25H26N4O/c1-17-6-5-9-23(26-17)25(30)29-15-14-22-21(16-29)24(28-27-22)20-12-10-19(11-13-20)18-7-3-2-4-8-18/h2-13,21-22,24,27-28H,14-16H2,1H3. The smallest absolute Gasteiger partial charge is 0.272 e. The molecule has 152 valence electrons. The molecule has 3 heterocycles. The van der Waals surface area contributed by atoms with Crippen LogP contribution < -0.4 is 10.9 Å². The fraction of sp³-hybridized carbons (Fsp3) is 0.280. The zero-order valence-electron chi connectivity index (χ0n) is 17.1. The fourth-order valence-corrected chi connectivity index (χ4v) is 4.66. The first-order valence-corrected chi connectivity index (χ1v) is 10.6. The first-order valence-electron chi connectivity index (χ1n) is 10.6. The van der Waals surface area contributed by atoms with Gasteiger partial charge in [0, 0.05) is 30.7 Å². The van der Waals surface area contributed by atoms with Crippen molar-refractivity contribution in [2.75, 3.05) is 13.1 Å². The van der Waals surface area contributed by atoms with Gasteiger partial charge in [-0.2, -0.15) is 0 Å². The second-order valence-corrected chi connectivity index (χ2v) is 8.23. The van der Waals surface area contributed by atoms with Crippen LogP contribution in [0.3, 0.4) is 0 Å². The first kappa shape index (κ1) is 19.0. The molecule has 5 rings (SSSR count). The minimum Gasteiger partial charge on any atom is -0.337 e. The molecule has 3 aromatic rings. The first-order chi connectivity index (χ1) is 14.7. The van der Waals surface area contributed by atoms with E-state index < -0.39 is 0 Å². The summed E-state index contributed by atoms with van der Waals surface area (Å²) in [5, 5.41) is 0. The minimum absolute atomic E-state index is 0.0298. The number of rotatable bonds is 3. The highest BCUT2D eigenvalue weighted by atomic mass is 16.2. The Hall–Kier alpha value is -3.02. The van der Waals surface area contributed by atoms with E-state index in [9.17, 15) is 4.79 Å². The SMILES string of the molecule is Cc1cccc(C(=O)N2CCC3NNC(c4ccc(-c5ccccc5)cc4)C3C2)n1. The Morgan fingerprint density at radius 2 is 1.70 bits per heavy atom. The largest absolute Gasteiger partial charge is 0.337 e. The van der Waals surface area contributed by atoms with Gasteiger partial charge >= 0.3 is 0 Å². The van der Waals surface area contributed by atoms with Gasteiger partial charge in [0.1, 0.15) is 5.69 Å². The van der Waals surface area contributed by atoms with Gasteiger partial charge in [-0.15, -0.1) is 0 Å². The van der Waals surface area contributed by atoms with Crippen molar-refractivity contribution in [2.24, 2.45) is 5.92 Å². The molecule has 1 aromatic heterocycles. The highest BCUT2D eigenvalue weighted by Crippen LogP contribution is 2.35. The summed E-state index contributed by atoms with van der Waals surface area (Å²) in [6, 6.07) is 25.4. The lowest BCUT2D eigenvalue weighted by atomic mass is 9.84. The number of pyridine rings is 1. The highest BCUT2D eigenvalue weighted by Gasteiger charge is 2.41. The summed E-state index contributed by atoms with van der Waals surface area (Å²) in [5.74, 6) is 0.359. The molecule has 2 aliphatic heterocycles. The van der Waals surface area contributed by atoms with E-state index in [1.54, 1.807) is 0 Å². The van der Waals surface area contributed by atoms with Gasteiger partial charge in [0.15, 0.2) is 0 Å². The number of amides is 1. The van der Waals surface area contributed by atoms with Crippen LogP contribution in [-0.2, 0) is 0 Å². The lowest BCUT2D eigenvalue weighted by Crippen LogP contribution is -2.48. The Morgan fingerprint density at radius 3 is 2.47 bits per heavy atom. The molecule has 2 N–H and O–H groups in total. The zero-order chi connectivity index (χ0) is 20.5. The third-order valence-electron chi connectivity index (χ3n) is 6.28. The van der Waals surface area contributed by atoms with Crippen molar-refractivity contribution in [2.45, 2.75) is 25.4 Å². The van der Waals surface area contributed by atoms with Crippen molar-refractivity contribution in [1.82, 2.24) is 20.7 Å². The molecular formula is C25H26N4O. The molecule has 0 spiro atoms. The maximum Gasteiger partial charge on any atom is 0.272 e. The van der Waals surface area contributed by atoms with Gasteiger partial charge in [-0.1, -0.05) is 60.7 Å². The average Bonchev–Trinajstić information content (AvgIpc) is 3.22. The van der Waals surface area contributed by atoms with Crippen LogP contribution in [-0.4, -0.2) is 34.9 Å². The third-order valence-corrected chi connectivity index (χ3v) is 6.28. The molecule has 30 heavy (non-hydrogen) atoms. The topological polar surface area (TPSA) is 57.3 Å². The summed E-state index contributed by atoms with van der Waals surface area (Å²) in [5.41, 5.74) is 12.0. The van der Waals surface area contributed by atoms with Crippen molar-refractivity contribution < 1.29 is 4.79 Å². The van der Waals surface area contributed by atoms with Gasteiger partial charge in [0.05, 0.1) is 6.04 Å². The third kappa shape index (κ3) is 3.62. The Kier molecular flexibility index (Phi) is 5.07. The number of aromatic nitrogens is 1. The van der Waals surface area contributed by atoms with Crippen LogP contribution in [0.25, 0.3) is 11.1 Å². The van der Waals surface area contributed by atoms with Crippen LogP contribution in [0.5, 0.6) is 0 Å². The normalized spacial score (nSPS) is 23.2. The molecule has 3 unspecified atom stereocenters. The number of hydrazine groups is 1. The van der Waals surface area contributed by atoms with Crippen LogP contribution in [0.2, 0.25) is 0 Å². The van der Waals surface area contributed by atoms with E-state index in [1.165, 1.54) is 16.7 Å². The van der Waals surface area contributed by atoms with Crippen LogP contribution in [0.15, 0.2) is 72.8 Å². The van der Waals surface area contributed by atoms with E-state index in [-0.39, 0.29) is 11.9 Å². The number of carbonyl (C=O) groups excluding carboxylic acids is 1. The number of hydrogen-bond acceptors (Lipinski definition) is 4. The maximum atomic E-state index is 13.0. The molecule has 2 aliphatic rings. The number of fused-ring (bicyclic) bond motifs is 1. The van der Waals surface area contributed by atoms with Crippen LogP contribution in [0.4, 0.5) is 0 Å². The van der Waals surface area contributed by atoms with E-state index in [0.29, 0.717) is 17.7 Å². The van der Waals surface area contributed by atoms with Gasteiger partial charge < -0.3 is 4.90 Å². The summed E-state index contributed by atoms with van der Waals surface area (Å²) in [4.78, 5) is 19.4. The zero-order valence-corrected chi connectivity index (χ0v) is 17.1. The molecule has 1 amide bonds. The van der Waals surface area contributed by atoms with Crippen molar-refractivity contribution in [3.63, 3.8) is 0 Å². The molecule has 0 aliphatic carbocycles. The van der Waals surface area contributed by atoms with Crippen LogP contribution in [0, 0.1) is 12.8 Å². The van der Waals surface area contributed by atoms with Crippen molar-refractivity contribution in [1.29, 1.82) is 0 Å². The van der Waals surface area contributed by atoms with Crippen LogP contribution >= 0.6 is 0 Å². The summed E-state index contributed by atoms with van der Waals surface area (Å²) in [6.07, 6.45) is 0.938. The number of likely N-dealkylation sites (tertiary alicyclic amines) is 1. The Morgan fingerprint density at radius 1 is 0.933 bits per heavy atom. The van der Waals surface area contributed by atoms with Gasteiger partial charge in [-0.05, 0) is 42.2 Å². The number of benzene rings is 2. The van der Waals surface area contributed by atoms with Gasteiger partial charge in [-0.25, -0.2) is 10.4 Å². The van der Waals surface area contributed by atoms with Gasteiger partial charge in [0.2, 0.25) is 0 Å². The summed E-state index contributed by atoms with van der Waals surface area (Å²) in [6.45, 7) is 3.40. The number of hydrogen-bond donors (Lipinski definition) is 2. The molecule has 2 fully saturated rings. The van der Waals surface area contributed by atoms with Crippen molar-refractivity contribution in [3.05, 3.63) is 89.7 Å². The van der Waals surface area contributed by atoms with Crippen LogP contribution in [0.1, 0.15) is 34.2 Å². The van der Waals surface area contributed by atoms with E-state index >= 15 is 0 Å². The second-order valence-electron chi connectivity index (χ2n) is 8.23. The second kappa shape index (κ2) is 8.01. The minimum atomic E-state index is 0.0298. The predicted molar refractivity (Wildman–Crippen MR) is 118 cm³/mol. The molecule has 0 bridgehead atoms. The van der Waals surface area contributed by atoms with E-state index in [1.807, 2.05) is 36.1 Å². The Labute approximate surface area is 177 Å². The molecule has 0 saturated carbocycles. The molecular weight excluding hydrogens is 372 g/mol. The lowest BCUT2D eigenvalue weighted by molar-refractivity contribution is 0.0646. The number of nitrogens with one attached hydrogen (secondary N) is 2. The molecule has 2 aromatic carbocycles. The summed E-state index contributed by atoms with van der Waals surface area (Å²) in [7, 11) is 0. The average molecular weight is 399 g/mol. The number of aryl methyl sites for hydroxylation is 1. The van der Waals surface area contributed by atoms with Crippen molar-refractivity contribution in [3.8, 4) is 11.1 Å². The Balaban J connectivity index is 1.33. The molecule has 0 radical (unpaired) electrons. The van der Waals surface area contributed by atoms with Crippen molar-refractivity contribution >= 4 is 5.91 Å². The van der Waals surface area contributed by atoms with Gasteiger partial charge in [0.25, 0.3) is 5.91 Å².